The van der Waals surface area contributed by atoms with E-state index in [-0.39, 0.29) is 6.42 Å². The van der Waals surface area contributed by atoms with E-state index in [4.69, 9.17) is 32.7 Å². The van der Waals surface area contributed by atoms with Crippen molar-refractivity contribution in [3.63, 3.8) is 0 Å². The number of halogens is 2. The highest BCUT2D eigenvalue weighted by molar-refractivity contribution is 6.42. The van der Waals surface area contributed by atoms with Crippen molar-refractivity contribution in [1.82, 2.24) is 15.1 Å². The topological polar surface area (TPSA) is 94.9 Å². The zero-order valence-corrected chi connectivity index (χ0v) is 18.9. The maximum absolute atomic E-state index is 13.2. The molecule has 2 fully saturated rings. The number of hydrogen-bond acceptors (Lipinski definition) is 6. The van der Waals surface area contributed by atoms with E-state index in [2.05, 4.69) is 16.3 Å². The summed E-state index contributed by atoms with van der Waals surface area (Å²) in [6, 6.07) is 7.26. The monoisotopic (exact) mass is 468 g/mol. The molecule has 3 rings (SSSR count). The Bertz CT molecular complexity index is 846. The van der Waals surface area contributed by atoms with Crippen LogP contribution in [0.1, 0.15) is 18.4 Å². The second kappa shape index (κ2) is 10.5. The van der Waals surface area contributed by atoms with Crippen molar-refractivity contribution < 1.29 is 19.1 Å². The van der Waals surface area contributed by atoms with Crippen molar-refractivity contribution in [2.45, 2.75) is 30.9 Å². The van der Waals surface area contributed by atoms with Gasteiger partial charge in [0.2, 0.25) is 0 Å². The van der Waals surface area contributed by atoms with Crippen LogP contribution in [-0.4, -0.2) is 79.9 Å². The number of piperidine rings is 1. The lowest BCUT2D eigenvalue weighted by molar-refractivity contribution is -0.132. The second-order valence-corrected chi connectivity index (χ2v) is 8.73. The molecule has 1 atom stereocenters. The fourth-order valence-corrected chi connectivity index (χ4v) is 3.91. The fraction of sp³-hybridized carbons (Fsp3) is 0.571. The number of amides is 2. The molecule has 2 saturated heterocycles. The molecule has 0 aliphatic carbocycles. The van der Waals surface area contributed by atoms with Crippen LogP contribution in [0.15, 0.2) is 18.2 Å². The van der Waals surface area contributed by atoms with E-state index in [1.165, 1.54) is 4.90 Å². The van der Waals surface area contributed by atoms with Gasteiger partial charge in [-0.2, -0.15) is 5.26 Å². The van der Waals surface area contributed by atoms with Crippen LogP contribution < -0.4 is 5.32 Å². The molecule has 2 amide bonds. The smallest absolute Gasteiger partial charge is 0.410 e. The molecule has 0 aromatic heterocycles. The Kier molecular flexibility index (Phi) is 8.00. The van der Waals surface area contributed by atoms with Gasteiger partial charge in [-0.05, 0) is 37.6 Å². The molecular weight excluding hydrogens is 443 g/mol. The van der Waals surface area contributed by atoms with Crippen LogP contribution in [0, 0.1) is 11.3 Å². The van der Waals surface area contributed by atoms with Crippen LogP contribution in [0.4, 0.5) is 4.79 Å². The number of morpholine rings is 1. The van der Waals surface area contributed by atoms with Crippen LogP contribution in [-0.2, 0) is 20.7 Å². The molecule has 2 aliphatic heterocycles. The average molecular weight is 469 g/mol. The minimum absolute atomic E-state index is 0.111. The molecule has 0 radical (unpaired) electrons. The predicted octanol–water partition coefficient (Wildman–Crippen LogP) is 2.48. The van der Waals surface area contributed by atoms with Crippen LogP contribution in [0.3, 0.4) is 0 Å². The standard InChI is InChI=1S/C21H26Cl2N4O4/c1-26-6-4-21(14-24,5-7-26)25-19(28)18(13-15-2-3-16(22)17(23)12-15)31-20(29)27-8-10-30-11-9-27/h2-3,12,18H,4-11,13H2,1H3,(H,25,28). The van der Waals surface area contributed by atoms with Crippen LogP contribution in [0.25, 0.3) is 0 Å². The first kappa shape index (κ1) is 23.6. The van der Waals surface area contributed by atoms with Crippen molar-refractivity contribution in [2.75, 3.05) is 46.4 Å². The number of ether oxygens (including phenoxy) is 2. The lowest BCUT2D eigenvalue weighted by Gasteiger charge is -2.37. The van der Waals surface area contributed by atoms with Crippen LogP contribution in [0.2, 0.25) is 10.0 Å². The number of hydrogen-bond donors (Lipinski definition) is 1. The van der Waals surface area contributed by atoms with Gasteiger partial charge < -0.3 is 24.6 Å². The van der Waals surface area contributed by atoms with Gasteiger partial charge in [0.1, 0.15) is 5.54 Å². The highest BCUT2D eigenvalue weighted by atomic mass is 35.5. The Morgan fingerprint density at radius 2 is 1.90 bits per heavy atom. The van der Waals surface area contributed by atoms with Crippen molar-refractivity contribution in [2.24, 2.45) is 0 Å². The lowest BCUT2D eigenvalue weighted by Crippen LogP contribution is -2.57. The normalized spacial score (nSPS) is 19.9. The van der Waals surface area contributed by atoms with Gasteiger partial charge in [0.25, 0.3) is 5.91 Å². The maximum atomic E-state index is 13.2. The Labute approximate surface area is 192 Å². The molecule has 2 aliphatic rings. The molecular formula is C21H26Cl2N4O4. The van der Waals surface area contributed by atoms with Gasteiger partial charge in [0.05, 0.1) is 29.3 Å². The number of likely N-dealkylation sites (tertiary alicyclic amines) is 1. The first-order valence-corrected chi connectivity index (χ1v) is 11.0. The zero-order valence-electron chi connectivity index (χ0n) is 17.4. The van der Waals surface area contributed by atoms with Crippen molar-refractivity contribution in [1.29, 1.82) is 5.26 Å². The second-order valence-electron chi connectivity index (χ2n) is 7.91. The first-order valence-electron chi connectivity index (χ1n) is 10.2. The molecule has 0 spiro atoms. The van der Waals surface area contributed by atoms with Gasteiger partial charge in [0.15, 0.2) is 6.10 Å². The number of rotatable bonds is 5. The van der Waals surface area contributed by atoms with Crippen LogP contribution >= 0.6 is 23.2 Å². The number of nitriles is 1. The molecule has 1 aromatic carbocycles. The molecule has 31 heavy (non-hydrogen) atoms. The highest BCUT2D eigenvalue weighted by Gasteiger charge is 2.38. The van der Waals surface area contributed by atoms with Gasteiger partial charge in [-0.1, -0.05) is 29.3 Å². The minimum atomic E-state index is -1.11. The Morgan fingerprint density at radius 1 is 1.23 bits per heavy atom. The van der Waals surface area contributed by atoms with E-state index in [1.54, 1.807) is 18.2 Å². The number of carbonyl (C=O) groups is 2. The third-order valence-electron chi connectivity index (χ3n) is 5.63. The third-order valence-corrected chi connectivity index (χ3v) is 6.37. The first-order chi connectivity index (χ1) is 14.8. The Hall–Kier alpha value is -2.05. The van der Waals surface area contributed by atoms with Gasteiger partial charge in [-0.15, -0.1) is 0 Å². The van der Waals surface area contributed by atoms with E-state index in [1.807, 2.05) is 7.05 Å². The summed E-state index contributed by atoms with van der Waals surface area (Å²) in [5.41, 5.74) is -0.288. The van der Waals surface area contributed by atoms with Crippen molar-refractivity contribution in [3.8, 4) is 6.07 Å². The number of nitrogens with one attached hydrogen (secondary N) is 1. The molecule has 8 nitrogen and oxygen atoms in total. The number of nitrogens with zero attached hydrogens (tertiary/aromatic N) is 3. The largest absolute Gasteiger partial charge is 0.436 e. The summed E-state index contributed by atoms with van der Waals surface area (Å²) in [5.74, 6) is -0.501. The number of benzene rings is 1. The van der Waals surface area contributed by atoms with E-state index >= 15 is 0 Å². The number of carbonyl (C=O) groups excluding carboxylic acids is 2. The summed E-state index contributed by atoms with van der Waals surface area (Å²) in [4.78, 5) is 29.4. The fourth-order valence-electron chi connectivity index (χ4n) is 3.59. The zero-order chi connectivity index (χ0) is 22.4. The molecule has 0 saturated carbocycles. The van der Waals surface area contributed by atoms with E-state index in [0.717, 1.165) is 0 Å². The Morgan fingerprint density at radius 3 is 2.52 bits per heavy atom. The molecule has 2 heterocycles. The molecule has 168 valence electrons. The Balaban J connectivity index is 1.76. The van der Waals surface area contributed by atoms with Gasteiger partial charge in [-0.3, -0.25) is 4.79 Å². The summed E-state index contributed by atoms with van der Waals surface area (Å²) in [6.45, 7) is 3.02. The lowest BCUT2D eigenvalue weighted by atomic mass is 9.88. The van der Waals surface area contributed by atoms with Gasteiger partial charge in [0, 0.05) is 32.6 Å². The van der Waals surface area contributed by atoms with E-state index in [0.29, 0.717) is 67.8 Å². The van der Waals surface area contributed by atoms with Crippen molar-refractivity contribution >= 4 is 35.2 Å². The van der Waals surface area contributed by atoms with Crippen molar-refractivity contribution in [3.05, 3.63) is 33.8 Å². The summed E-state index contributed by atoms with van der Waals surface area (Å²) in [7, 11) is 1.97. The molecule has 1 aromatic rings. The maximum Gasteiger partial charge on any atom is 0.410 e. The summed E-state index contributed by atoms with van der Waals surface area (Å²) < 4.78 is 10.9. The SMILES string of the molecule is CN1CCC(C#N)(NC(=O)C(Cc2ccc(Cl)c(Cl)c2)OC(=O)N2CCOCC2)CC1. The summed E-state index contributed by atoms with van der Waals surface area (Å²) >= 11 is 12.1. The summed E-state index contributed by atoms with van der Waals surface area (Å²) in [6.07, 6.45) is -0.582. The average Bonchev–Trinajstić information content (AvgIpc) is 2.78. The van der Waals surface area contributed by atoms with E-state index < -0.39 is 23.6 Å². The minimum Gasteiger partial charge on any atom is -0.436 e. The predicted molar refractivity (Wildman–Crippen MR) is 116 cm³/mol. The molecule has 1 unspecified atom stereocenters. The highest BCUT2D eigenvalue weighted by Crippen LogP contribution is 2.25. The van der Waals surface area contributed by atoms with Crippen LogP contribution in [0.5, 0.6) is 0 Å². The molecule has 0 bridgehead atoms. The van der Waals surface area contributed by atoms with E-state index in [9.17, 15) is 14.9 Å². The molecule has 1 N–H and O–H groups in total. The van der Waals surface area contributed by atoms with Gasteiger partial charge >= 0.3 is 6.09 Å². The quantitative estimate of drug-likeness (QED) is 0.712. The summed E-state index contributed by atoms with van der Waals surface area (Å²) in [5, 5.41) is 13.4. The molecule has 10 heteroatoms. The van der Waals surface area contributed by atoms with Gasteiger partial charge in [-0.25, -0.2) is 4.79 Å². The third kappa shape index (κ3) is 6.23.